The number of hydrogen-bond acceptors (Lipinski definition) is 4. The Balaban J connectivity index is 2.08. The molecule has 1 fully saturated rings. The number of carbonyl (C=O) groups is 1. The highest BCUT2D eigenvalue weighted by atomic mass is 32.2. The van der Waals surface area contributed by atoms with Gasteiger partial charge in [-0.05, 0) is 31.4 Å². The first-order valence-corrected chi connectivity index (χ1v) is 7.16. The van der Waals surface area contributed by atoms with E-state index in [2.05, 4.69) is 0 Å². The molecule has 0 bridgehead atoms. The number of hydroxylamine groups is 1. The molecule has 0 unspecified atom stereocenters. The number of para-hydroxylation sites is 1. The molecule has 0 heterocycles. The minimum absolute atomic E-state index is 0.137. The lowest BCUT2D eigenvalue weighted by atomic mass is 9.84. The van der Waals surface area contributed by atoms with Gasteiger partial charge in [0.1, 0.15) is 0 Å². The van der Waals surface area contributed by atoms with Crippen molar-refractivity contribution in [2.45, 2.75) is 24.0 Å². The summed E-state index contributed by atoms with van der Waals surface area (Å²) in [6.07, 6.45) is 0.861. The van der Waals surface area contributed by atoms with Gasteiger partial charge in [-0.1, -0.05) is 12.1 Å². The van der Waals surface area contributed by atoms with Gasteiger partial charge in [-0.15, -0.1) is 0 Å². The van der Waals surface area contributed by atoms with Gasteiger partial charge in [-0.25, -0.2) is 17.9 Å². The number of primary sulfonamides is 1. The third kappa shape index (κ3) is 2.41. The molecule has 1 aliphatic rings. The Morgan fingerprint density at radius 1 is 1.37 bits per heavy atom. The molecule has 1 aromatic rings. The molecule has 0 radical (unpaired) electrons. The minimum atomic E-state index is -4.03. The predicted molar refractivity (Wildman–Crippen MR) is 64.9 cm³/mol. The highest BCUT2D eigenvalue weighted by Crippen LogP contribution is 2.38. The van der Waals surface area contributed by atoms with Crippen molar-refractivity contribution in [1.29, 1.82) is 0 Å². The zero-order valence-electron chi connectivity index (χ0n) is 9.93. The summed E-state index contributed by atoms with van der Waals surface area (Å²) >= 11 is 0. The molecule has 6 nitrogen and oxygen atoms in total. The summed E-state index contributed by atoms with van der Waals surface area (Å²) < 4.78 is 34.5. The van der Waals surface area contributed by atoms with E-state index >= 15 is 0 Å². The second-order valence-electron chi connectivity index (χ2n) is 4.36. The fourth-order valence-electron chi connectivity index (χ4n) is 1.86. The zero-order chi connectivity index (χ0) is 14.1. The number of nitrogens with one attached hydrogen (secondary N) is 1. The molecule has 1 amide bonds. The molecule has 19 heavy (non-hydrogen) atoms. The quantitative estimate of drug-likeness (QED) is 0.786. The van der Waals surface area contributed by atoms with Crippen LogP contribution in [-0.2, 0) is 14.8 Å². The molecule has 1 aromatic carbocycles. The largest absolute Gasteiger partial charge is 0.376 e. The van der Waals surface area contributed by atoms with Crippen molar-refractivity contribution in [1.82, 2.24) is 5.48 Å². The second-order valence-corrected chi connectivity index (χ2v) is 6.23. The number of rotatable bonds is 4. The van der Waals surface area contributed by atoms with Crippen molar-refractivity contribution in [3.8, 4) is 5.75 Å². The molecular formula is C11H13FN2O4S. The van der Waals surface area contributed by atoms with Gasteiger partial charge >= 0.3 is 0 Å². The summed E-state index contributed by atoms with van der Waals surface area (Å²) in [6, 6.07) is 5.44. The predicted octanol–water partition coefficient (Wildman–Crippen LogP) is 0.447. The highest BCUT2D eigenvalue weighted by molar-refractivity contribution is 7.91. The summed E-state index contributed by atoms with van der Waals surface area (Å²) in [6.45, 7) is 0. The Kier molecular flexibility index (Phi) is 3.46. The van der Waals surface area contributed by atoms with Crippen LogP contribution in [0.3, 0.4) is 0 Å². The summed E-state index contributed by atoms with van der Waals surface area (Å²) in [7, 11) is -4.03. The molecule has 0 saturated heterocycles. The maximum absolute atomic E-state index is 13.2. The van der Waals surface area contributed by atoms with Crippen LogP contribution in [0, 0.1) is 5.82 Å². The van der Waals surface area contributed by atoms with E-state index in [0.29, 0.717) is 6.42 Å². The van der Waals surface area contributed by atoms with Crippen LogP contribution < -0.4 is 15.5 Å². The van der Waals surface area contributed by atoms with Gasteiger partial charge in [0.2, 0.25) is 10.0 Å². The van der Waals surface area contributed by atoms with Gasteiger partial charge in [-0.2, -0.15) is 5.48 Å². The van der Waals surface area contributed by atoms with E-state index < -0.39 is 26.5 Å². The Hall–Kier alpha value is -1.67. The summed E-state index contributed by atoms with van der Waals surface area (Å²) in [5.74, 6) is -1.73. The molecule has 8 heteroatoms. The first-order valence-electron chi connectivity index (χ1n) is 5.61. The molecule has 0 aliphatic heterocycles. The van der Waals surface area contributed by atoms with E-state index in [1.54, 1.807) is 0 Å². The number of halogens is 1. The molecule has 1 saturated carbocycles. The Morgan fingerprint density at radius 2 is 2.00 bits per heavy atom. The van der Waals surface area contributed by atoms with Crippen molar-refractivity contribution in [3.05, 3.63) is 30.1 Å². The number of sulfonamides is 1. The van der Waals surface area contributed by atoms with Crippen LogP contribution in [0.2, 0.25) is 0 Å². The summed E-state index contributed by atoms with van der Waals surface area (Å²) in [5.41, 5.74) is 1.95. The molecule has 1 aliphatic carbocycles. The van der Waals surface area contributed by atoms with Gasteiger partial charge < -0.3 is 4.84 Å². The molecule has 104 valence electrons. The molecule has 0 spiro atoms. The summed E-state index contributed by atoms with van der Waals surface area (Å²) in [4.78, 5) is 16.6. The number of hydrogen-bond donors (Lipinski definition) is 2. The van der Waals surface area contributed by atoms with Crippen molar-refractivity contribution >= 4 is 15.9 Å². The second kappa shape index (κ2) is 4.78. The number of nitrogens with two attached hydrogens (primary N) is 1. The van der Waals surface area contributed by atoms with E-state index in [1.165, 1.54) is 18.2 Å². The van der Waals surface area contributed by atoms with Crippen molar-refractivity contribution in [3.63, 3.8) is 0 Å². The summed E-state index contributed by atoms with van der Waals surface area (Å²) in [5, 5.41) is 5.06. The Labute approximate surface area is 109 Å². The Morgan fingerprint density at radius 3 is 2.47 bits per heavy atom. The van der Waals surface area contributed by atoms with Crippen molar-refractivity contribution < 1.29 is 22.4 Å². The van der Waals surface area contributed by atoms with Crippen LogP contribution in [0.4, 0.5) is 4.39 Å². The Bertz CT molecular complexity index is 598. The molecular weight excluding hydrogens is 275 g/mol. The van der Waals surface area contributed by atoms with Crippen LogP contribution in [0.1, 0.15) is 19.3 Å². The van der Waals surface area contributed by atoms with Crippen LogP contribution in [0.15, 0.2) is 24.3 Å². The molecule has 0 aromatic heterocycles. The van der Waals surface area contributed by atoms with Crippen molar-refractivity contribution in [2.75, 3.05) is 0 Å². The van der Waals surface area contributed by atoms with E-state index in [-0.39, 0.29) is 18.6 Å². The lowest BCUT2D eigenvalue weighted by Crippen LogP contribution is -2.59. The van der Waals surface area contributed by atoms with Crippen LogP contribution >= 0.6 is 0 Å². The smallest absolute Gasteiger partial charge is 0.275 e. The van der Waals surface area contributed by atoms with Gasteiger partial charge in [0, 0.05) is 0 Å². The van der Waals surface area contributed by atoms with Gasteiger partial charge in [0.25, 0.3) is 5.91 Å². The van der Waals surface area contributed by atoms with Crippen molar-refractivity contribution in [2.24, 2.45) is 5.14 Å². The molecule has 0 atom stereocenters. The van der Waals surface area contributed by atoms with Crippen LogP contribution in [-0.4, -0.2) is 19.1 Å². The van der Waals surface area contributed by atoms with Gasteiger partial charge in [0.15, 0.2) is 16.3 Å². The first kappa shape index (κ1) is 13.8. The van der Waals surface area contributed by atoms with Crippen LogP contribution in [0.5, 0.6) is 5.75 Å². The number of carbonyl (C=O) groups excluding carboxylic acids is 1. The average Bonchev–Trinajstić information content (AvgIpc) is 2.24. The van der Waals surface area contributed by atoms with E-state index in [9.17, 15) is 17.6 Å². The van der Waals surface area contributed by atoms with E-state index in [0.717, 1.165) is 6.07 Å². The van der Waals surface area contributed by atoms with Gasteiger partial charge in [-0.3, -0.25) is 4.79 Å². The molecule has 3 N–H and O–H groups in total. The zero-order valence-corrected chi connectivity index (χ0v) is 10.7. The van der Waals surface area contributed by atoms with E-state index in [4.69, 9.17) is 9.98 Å². The monoisotopic (exact) mass is 288 g/mol. The maximum Gasteiger partial charge on any atom is 0.275 e. The van der Waals surface area contributed by atoms with Crippen LogP contribution in [0.25, 0.3) is 0 Å². The fourth-order valence-corrected chi connectivity index (χ4v) is 3.02. The first-order chi connectivity index (χ1) is 8.87. The molecule has 2 rings (SSSR count). The highest BCUT2D eigenvalue weighted by Gasteiger charge is 2.54. The minimum Gasteiger partial charge on any atom is -0.376 e. The number of amides is 1. The third-order valence-electron chi connectivity index (χ3n) is 3.21. The fraction of sp³-hybridized carbons (Fsp3) is 0.364. The standard InChI is InChI=1S/C11H13FN2O4S/c12-8-4-1-2-5-9(8)18-14-10(15)11(6-3-7-11)19(13,16)17/h1-2,4-5H,3,6-7H2,(H,14,15)(H2,13,16,17). The SMILES string of the molecule is NS(=O)(=O)C1(C(=O)NOc2ccccc2F)CCC1. The lowest BCUT2D eigenvalue weighted by Gasteiger charge is -2.36. The number of benzene rings is 1. The lowest BCUT2D eigenvalue weighted by molar-refractivity contribution is -0.132. The third-order valence-corrected chi connectivity index (χ3v) is 4.89. The average molecular weight is 288 g/mol. The topological polar surface area (TPSA) is 98.5 Å². The van der Waals surface area contributed by atoms with Gasteiger partial charge in [0.05, 0.1) is 0 Å². The maximum atomic E-state index is 13.2. The normalized spacial score (nSPS) is 17.4. The van der Waals surface area contributed by atoms with E-state index in [1.807, 2.05) is 5.48 Å².